The van der Waals surface area contributed by atoms with E-state index in [1.165, 1.54) is 0 Å². The van der Waals surface area contributed by atoms with Crippen LogP contribution in [-0.4, -0.2) is 51.8 Å². The van der Waals surface area contributed by atoms with Crippen molar-refractivity contribution in [1.82, 2.24) is 20.2 Å². The molecule has 3 N–H and O–H groups in total. The lowest BCUT2D eigenvalue weighted by atomic mass is 10.1. The number of rotatable bonds is 6. The molecule has 0 spiro atoms. The number of carbonyl (C=O) groups is 1. The number of aromatic nitrogens is 2. The first kappa shape index (κ1) is 20.8. The number of thiocarbonyl (C=S) groups is 1. The molecule has 0 atom stereocenters. The molecule has 2 aromatic heterocycles. The van der Waals surface area contributed by atoms with Gasteiger partial charge in [-0.2, -0.15) is 0 Å². The maximum absolute atomic E-state index is 11.8. The van der Waals surface area contributed by atoms with Gasteiger partial charge in [-0.1, -0.05) is 0 Å². The van der Waals surface area contributed by atoms with Gasteiger partial charge in [0.05, 0.1) is 25.0 Å². The highest BCUT2D eigenvalue weighted by atomic mass is 32.1. The van der Waals surface area contributed by atoms with Crippen LogP contribution < -0.4 is 16.0 Å². The Balaban J connectivity index is 1.49. The number of aryl methyl sites for hydroxylation is 1. The fourth-order valence-electron chi connectivity index (χ4n) is 3.07. The van der Waals surface area contributed by atoms with E-state index in [0.29, 0.717) is 43.1 Å². The Kier molecular flexibility index (Phi) is 7.23. The molecule has 3 rings (SSSR count). The number of hydrogen-bond donors (Lipinski definition) is 3. The SMILES string of the molecule is CCOC(=O)N1CCC(NC(=S)Nc2cccnc2NCc2cnc(C)o2)CC1. The number of hydrogen-bond acceptors (Lipinski definition) is 7. The molecule has 10 heteroatoms. The summed E-state index contributed by atoms with van der Waals surface area (Å²) in [6.07, 6.45) is 4.76. The van der Waals surface area contributed by atoms with E-state index in [4.69, 9.17) is 21.4 Å². The Labute approximate surface area is 175 Å². The van der Waals surface area contributed by atoms with Crippen LogP contribution in [0.25, 0.3) is 0 Å². The average molecular weight is 419 g/mol. The van der Waals surface area contributed by atoms with Crippen molar-refractivity contribution in [2.45, 2.75) is 39.3 Å². The molecule has 1 fully saturated rings. The van der Waals surface area contributed by atoms with Gasteiger partial charge in [0.1, 0.15) is 11.6 Å². The summed E-state index contributed by atoms with van der Waals surface area (Å²) in [5.74, 6) is 2.02. The molecule has 0 aliphatic carbocycles. The molecule has 1 aliphatic heterocycles. The standard InChI is InChI=1S/C19H26N6O3S/c1-3-27-19(26)25-9-6-14(7-10-25)23-18(29)24-16-5-4-8-20-17(16)22-12-15-11-21-13(2)28-15/h4-5,8,11,14H,3,6-7,9-10,12H2,1-2H3,(H,20,22)(H2,23,24,29). The van der Waals surface area contributed by atoms with Gasteiger partial charge < -0.3 is 30.0 Å². The molecule has 0 radical (unpaired) electrons. The van der Waals surface area contributed by atoms with E-state index in [-0.39, 0.29) is 12.1 Å². The molecule has 3 heterocycles. The van der Waals surface area contributed by atoms with Gasteiger partial charge >= 0.3 is 6.09 Å². The van der Waals surface area contributed by atoms with E-state index >= 15 is 0 Å². The third-order valence-corrected chi connectivity index (χ3v) is 4.73. The zero-order valence-electron chi connectivity index (χ0n) is 16.6. The van der Waals surface area contributed by atoms with E-state index in [9.17, 15) is 4.79 Å². The van der Waals surface area contributed by atoms with Crippen LogP contribution in [0.3, 0.4) is 0 Å². The highest BCUT2D eigenvalue weighted by Gasteiger charge is 2.24. The normalized spacial score (nSPS) is 14.3. The van der Waals surface area contributed by atoms with Gasteiger partial charge in [-0.3, -0.25) is 0 Å². The second-order valence-corrected chi connectivity index (χ2v) is 7.07. The molecule has 1 saturated heterocycles. The molecule has 1 aliphatic rings. The van der Waals surface area contributed by atoms with Crippen LogP contribution >= 0.6 is 12.2 Å². The minimum atomic E-state index is -0.250. The largest absolute Gasteiger partial charge is 0.450 e. The van der Waals surface area contributed by atoms with Crippen molar-refractivity contribution in [3.8, 4) is 0 Å². The Hall–Kier alpha value is -2.88. The van der Waals surface area contributed by atoms with Crippen molar-refractivity contribution >= 4 is 34.9 Å². The maximum Gasteiger partial charge on any atom is 0.409 e. The van der Waals surface area contributed by atoms with Gasteiger partial charge in [-0.05, 0) is 44.1 Å². The summed E-state index contributed by atoms with van der Waals surface area (Å²) in [4.78, 5) is 22.0. The Morgan fingerprint density at radius 2 is 2.17 bits per heavy atom. The highest BCUT2D eigenvalue weighted by Crippen LogP contribution is 2.19. The molecule has 0 bridgehead atoms. The number of piperidine rings is 1. The van der Waals surface area contributed by atoms with Gasteiger partial charge in [0.15, 0.2) is 11.0 Å². The van der Waals surface area contributed by atoms with Crippen LogP contribution in [-0.2, 0) is 11.3 Å². The zero-order valence-corrected chi connectivity index (χ0v) is 17.4. The number of amides is 1. The molecule has 0 unspecified atom stereocenters. The number of anilines is 2. The van der Waals surface area contributed by atoms with Crippen molar-refractivity contribution in [1.29, 1.82) is 0 Å². The number of oxazole rings is 1. The van der Waals surface area contributed by atoms with Gasteiger partial charge in [0, 0.05) is 32.3 Å². The molecule has 156 valence electrons. The topological polar surface area (TPSA) is 105 Å². The number of nitrogens with one attached hydrogen (secondary N) is 3. The molecular formula is C19H26N6O3S. The Bertz CT molecular complexity index is 835. The molecule has 0 aromatic carbocycles. The molecule has 2 aromatic rings. The molecule has 29 heavy (non-hydrogen) atoms. The summed E-state index contributed by atoms with van der Waals surface area (Å²) in [6, 6.07) is 3.94. The summed E-state index contributed by atoms with van der Waals surface area (Å²) < 4.78 is 10.5. The van der Waals surface area contributed by atoms with Crippen LogP contribution in [0.5, 0.6) is 0 Å². The first-order chi connectivity index (χ1) is 14.0. The van der Waals surface area contributed by atoms with Crippen molar-refractivity contribution in [3.63, 3.8) is 0 Å². The van der Waals surface area contributed by atoms with Gasteiger partial charge in [0.25, 0.3) is 0 Å². The minimum Gasteiger partial charge on any atom is -0.450 e. The fraction of sp³-hybridized carbons (Fsp3) is 0.474. The number of likely N-dealkylation sites (tertiary alicyclic amines) is 1. The summed E-state index contributed by atoms with van der Waals surface area (Å²) in [7, 11) is 0. The third kappa shape index (κ3) is 6.05. The first-order valence-corrected chi connectivity index (χ1v) is 10.1. The van der Waals surface area contributed by atoms with Crippen molar-refractivity contribution < 1.29 is 13.9 Å². The minimum absolute atomic E-state index is 0.200. The monoisotopic (exact) mass is 418 g/mol. The van der Waals surface area contributed by atoms with E-state index in [2.05, 4.69) is 25.9 Å². The number of ether oxygens (including phenoxy) is 1. The van der Waals surface area contributed by atoms with Crippen LogP contribution in [0.15, 0.2) is 28.9 Å². The number of nitrogens with zero attached hydrogens (tertiary/aromatic N) is 3. The summed E-state index contributed by atoms with van der Waals surface area (Å²) in [6.45, 7) is 5.77. The first-order valence-electron chi connectivity index (χ1n) is 9.64. The second kappa shape index (κ2) is 10.1. The van der Waals surface area contributed by atoms with Crippen LogP contribution in [0.2, 0.25) is 0 Å². The summed E-state index contributed by atoms with van der Waals surface area (Å²) in [5, 5.41) is 10.3. The molecule has 1 amide bonds. The van der Waals surface area contributed by atoms with E-state index < -0.39 is 0 Å². The smallest absolute Gasteiger partial charge is 0.409 e. The van der Waals surface area contributed by atoms with Gasteiger partial charge in [-0.25, -0.2) is 14.8 Å². The van der Waals surface area contributed by atoms with Crippen molar-refractivity contribution in [2.24, 2.45) is 0 Å². The summed E-state index contributed by atoms with van der Waals surface area (Å²) in [5.41, 5.74) is 0.769. The zero-order chi connectivity index (χ0) is 20.6. The fourth-order valence-corrected chi connectivity index (χ4v) is 3.35. The van der Waals surface area contributed by atoms with Gasteiger partial charge in [0.2, 0.25) is 0 Å². The molecule has 9 nitrogen and oxygen atoms in total. The van der Waals surface area contributed by atoms with Crippen LogP contribution in [0, 0.1) is 6.92 Å². The predicted molar refractivity (Wildman–Crippen MR) is 114 cm³/mol. The third-order valence-electron chi connectivity index (χ3n) is 4.51. The van der Waals surface area contributed by atoms with Crippen molar-refractivity contribution in [3.05, 3.63) is 36.2 Å². The Morgan fingerprint density at radius 3 is 2.86 bits per heavy atom. The van der Waals surface area contributed by atoms with Crippen molar-refractivity contribution in [2.75, 3.05) is 30.3 Å². The maximum atomic E-state index is 11.8. The van der Waals surface area contributed by atoms with Gasteiger partial charge in [-0.15, -0.1) is 0 Å². The molecular weight excluding hydrogens is 392 g/mol. The van der Waals surface area contributed by atoms with Crippen LogP contribution in [0.1, 0.15) is 31.4 Å². The Morgan fingerprint density at radius 1 is 1.38 bits per heavy atom. The lowest BCUT2D eigenvalue weighted by Crippen LogP contribution is -2.47. The highest BCUT2D eigenvalue weighted by molar-refractivity contribution is 7.80. The molecule has 0 saturated carbocycles. The second-order valence-electron chi connectivity index (χ2n) is 6.66. The predicted octanol–water partition coefficient (Wildman–Crippen LogP) is 2.90. The van der Waals surface area contributed by atoms with Crippen LogP contribution in [0.4, 0.5) is 16.3 Å². The number of pyridine rings is 1. The summed E-state index contributed by atoms with van der Waals surface area (Å²) >= 11 is 5.47. The van der Waals surface area contributed by atoms with E-state index in [0.717, 1.165) is 24.3 Å². The van der Waals surface area contributed by atoms with E-state index in [1.807, 2.05) is 19.1 Å². The lowest BCUT2D eigenvalue weighted by molar-refractivity contribution is 0.0964. The quantitative estimate of drug-likeness (QED) is 0.611. The van der Waals surface area contributed by atoms with E-state index in [1.54, 1.807) is 24.2 Å². The lowest BCUT2D eigenvalue weighted by Gasteiger charge is -2.32. The number of carbonyl (C=O) groups excluding carboxylic acids is 1. The average Bonchev–Trinajstić information content (AvgIpc) is 3.13.